The van der Waals surface area contributed by atoms with Gasteiger partial charge in [-0.1, -0.05) is 12.1 Å². The Hall–Kier alpha value is -2.65. The predicted octanol–water partition coefficient (Wildman–Crippen LogP) is 2.50. The minimum Gasteiger partial charge on any atom is -0.455 e. The molecule has 2 N–H and O–H groups in total. The second kappa shape index (κ2) is 6.26. The van der Waals surface area contributed by atoms with Crippen molar-refractivity contribution >= 4 is 32.5 Å². The molecule has 0 atom stereocenters. The van der Waals surface area contributed by atoms with Gasteiger partial charge in [-0.25, -0.2) is 8.42 Å². The van der Waals surface area contributed by atoms with Crippen LogP contribution in [-0.2, 0) is 10.0 Å². The summed E-state index contributed by atoms with van der Waals surface area (Å²) in [5.74, 6) is -0.350. The number of sulfonamides is 1. The number of para-hydroxylation sites is 1. The summed E-state index contributed by atoms with van der Waals surface area (Å²) in [6.07, 6.45) is 3.35. The Morgan fingerprint density at radius 2 is 2.08 bits per heavy atom. The van der Waals surface area contributed by atoms with Crippen LogP contribution in [0.5, 0.6) is 0 Å². The van der Waals surface area contributed by atoms with E-state index >= 15 is 0 Å². The van der Waals surface area contributed by atoms with Gasteiger partial charge in [-0.15, -0.1) is 0 Å². The number of aromatic amines is 1. The quantitative estimate of drug-likeness (QED) is 0.729. The van der Waals surface area contributed by atoms with Crippen molar-refractivity contribution in [2.45, 2.75) is 24.7 Å². The molecular formula is C17H18N4O4S. The molecule has 3 aromatic rings. The van der Waals surface area contributed by atoms with E-state index in [1.807, 2.05) is 6.07 Å². The molecule has 2 aromatic heterocycles. The van der Waals surface area contributed by atoms with Crippen LogP contribution in [0.3, 0.4) is 0 Å². The zero-order valence-electron chi connectivity index (χ0n) is 14.2. The third-order valence-corrected chi connectivity index (χ3v) is 6.51. The van der Waals surface area contributed by atoms with Crippen LogP contribution in [0.15, 0.2) is 39.8 Å². The summed E-state index contributed by atoms with van der Waals surface area (Å²) >= 11 is 0. The molecule has 0 aliphatic carbocycles. The van der Waals surface area contributed by atoms with Crippen LogP contribution in [0.25, 0.3) is 10.9 Å². The number of benzene rings is 1. The maximum absolute atomic E-state index is 12.7. The summed E-state index contributed by atoms with van der Waals surface area (Å²) in [4.78, 5) is 12.6. The molecule has 0 spiro atoms. The number of furan rings is 1. The fraction of sp³-hybridized carbons (Fsp3) is 0.294. The number of carbonyl (C=O) groups excluding carboxylic acids is 1. The number of nitrogens with one attached hydrogen (secondary N) is 2. The number of nitrogens with zero attached hydrogens (tertiary/aromatic N) is 2. The number of anilines is 1. The Labute approximate surface area is 150 Å². The molecule has 8 nitrogen and oxygen atoms in total. The second-order valence-electron chi connectivity index (χ2n) is 6.24. The smallest absolute Gasteiger partial charge is 0.291 e. The van der Waals surface area contributed by atoms with Gasteiger partial charge in [0.2, 0.25) is 10.0 Å². The number of aryl methyl sites for hydroxylation is 1. The van der Waals surface area contributed by atoms with Crippen molar-refractivity contribution in [2.75, 3.05) is 18.4 Å². The summed E-state index contributed by atoms with van der Waals surface area (Å²) in [6, 6.07) is 6.69. The van der Waals surface area contributed by atoms with Gasteiger partial charge in [-0.3, -0.25) is 9.89 Å². The molecule has 26 heavy (non-hydrogen) atoms. The molecule has 0 bridgehead atoms. The number of hydrogen-bond acceptors (Lipinski definition) is 5. The van der Waals surface area contributed by atoms with Crippen LogP contribution in [0, 0.1) is 6.92 Å². The zero-order chi connectivity index (χ0) is 18.3. The van der Waals surface area contributed by atoms with Gasteiger partial charge in [0, 0.05) is 24.5 Å². The van der Waals surface area contributed by atoms with Gasteiger partial charge in [-0.05, 0) is 25.8 Å². The van der Waals surface area contributed by atoms with Crippen molar-refractivity contribution in [1.29, 1.82) is 0 Å². The lowest BCUT2D eigenvalue weighted by molar-refractivity contribution is 0.0995. The van der Waals surface area contributed by atoms with Gasteiger partial charge < -0.3 is 9.73 Å². The summed E-state index contributed by atoms with van der Waals surface area (Å²) in [7, 11) is -3.64. The highest BCUT2D eigenvalue weighted by Crippen LogP contribution is 2.27. The van der Waals surface area contributed by atoms with Gasteiger partial charge in [-0.2, -0.15) is 9.40 Å². The fourth-order valence-electron chi connectivity index (χ4n) is 3.16. The summed E-state index contributed by atoms with van der Waals surface area (Å²) < 4.78 is 32.3. The number of H-pyrrole nitrogens is 1. The van der Waals surface area contributed by atoms with Crippen molar-refractivity contribution < 1.29 is 17.6 Å². The van der Waals surface area contributed by atoms with Gasteiger partial charge >= 0.3 is 0 Å². The van der Waals surface area contributed by atoms with E-state index in [2.05, 4.69) is 15.5 Å². The molecule has 1 saturated heterocycles. The van der Waals surface area contributed by atoms with E-state index < -0.39 is 15.9 Å². The van der Waals surface area contributed by atoms with Crippen molar-refractivity contribution in [3.63, 3.8) is 0 Å². The third-order valence-electron chi connectivity index (χ3n) is 4.50. The molecule has 0 unspecified atom stereocenters. The SMILES string of the molecule is Cc1oc(C(=O)Nc2cccc3cn[nH]c23)cc1S(=O)(=O)N1CCCC1. The Kier molecular flexibility index (Phi) is 4.04. The summed E-state index contributed by atoms with van der Waals surface area (Å²) in [5, 5.41) is 10.4. The van der Waals surface area contributed by atoms with E-state index in [0.717, 1.165) is 18.2 Å². The first-order valence-electron chi connectivity index (χ1n) is 8.31. The van der Waals surface area contributed by atoms with Crippen molar-refractivity contribution in [3.8, 4) is 0 Å². The van der Waals surface area contributed by atoms with Crippen LogP contribution in [0.2, 0.25) is 0 Å². The van der Waals surface area contributed by atoms with Crippen molar-refractivity contribution in [1.82, 2.24) is 14.5 Å². The topological polar surface area (TPSA) is 108 Å². The molecule has 4 rings (SSSR count). The average Bonchev–Trinajstić information content (AvgIpc) is 3.35. The van der Waals surface area contributed by atoms with E-state index in [1.165, 1.54) is 10.4 Å². The molecule has 1 aliphatic rings. The fourth-order valence-corrected chi connectivity index (χ4v) is 4.84. The maximum Gasteiger partial charge on any atom is 0.291 e. The Morgan fingerprint density at radius 3 is 2.85 bits per heavy atom. The van der Waals surface area contributed by atoms with E-state index in [9.17, 15) is 13.2 Å². The van der Waals surface area contributed by atoms with E-state index in [4.69, 9.17) is 4.42 Å². The zero-order valence-corrected chi connectivity index (χ0v) is 15.0. The van der Waals surface area contributed by atoms with E-state index in [1.54, 1.807) is 25.3 Å². The first-order chi connectivity index (χ1) is 12.5. The van der Waals surface area contributed by atoms with E-state index in [0.29, 0.717) is 24.3 Å². The maximum atomic E-state index is 12.7. The lowest BCUT2D eigenvalue weighted by Gasteiger charge is -2.14. The molecule has 1 amide bonds. The average molecular weight is 374 g/mol. The molecule has 9 heteroatoms. The minimum absolute atomic E-state index is 0.0446. The van der Waals surface area contributed by atoms with Crippen LogP contribution in [-0.4, -0.2) is 41.9 Å². The summed E-state index contributed by atoms with van der Waals surface area (Å²) in [6.45, 7) is 2.54. The van der Waals surface area contributed by atoms with Crippen LogP contribution in [0.1, 0.15) is 29.2 Å². The highest BCUT2D eigenvalue weighted by Gasteiger charge is 2.31. The number of carbonyl (C=O) groups is 1. The normalized spacial score (nSPS) is 15.6. The number of fused-ring (bicyclic) bond motifs is 1. The van der Waals surface area contributed by atoms with Crippen LogP contribution in [0.4, 0.5) is 5.69 Å². The number of amides is 1. The molecule has 1 aromatic carbocycles. The molecular weight excluding hydrogens is 356 g/mol. The highest BCUT2D eigenvalue weighted by atomic mass is 32.2. The first-order valence-corrected chi connectivity index (χ1v) is 9.75. The lowest BCUT2D eigenvalue weighted by atomic mass is 10.2. The Morgan fingerprint density at radius 1 is 1.31 bits per heavy atom. The molecule has 0 radical (unpaired) electrons. The summed E-state index contributed by atoms with van der Waals surface area (Å²) in [5.41, 5.74) is 1.23. The number of hydrogen-bond donors (Lipinski definition) is 2. The standard InChI is InChI=1S/C17H18N4O4S/c1-11-15(26(23,24)21-7-2-3-8-21)9-14(25-11)17(22)19-13-6-4-5-12-10-18-20-16(12)13/h4-6,9-10H,2-3,7-8H2,1H3,(H,18,20)(H,19,22). The molecule has 0 saturated carbocycles. The Balaban J connectivity index is 1.62. The largest absolute Gasteiger partial charge is 0.455 e. The minimum atomic E-state index is -3.64. The molecule has 1 fully saturated rings. The van der Waals surface area contributed by atoms with Crippen LogP contribution >= 0.6 is 0 Å². The highest BCUT2D eigenvalue weighted by molar-refractivity contribution is 7.89. The predicted molar refractivity (Wildman–Crippen MR) is 95.5 cm³/mol. The van der Waals surface area contributed by atoms with Crippen LogP contribution < -0.4 is 5.32 Å². The molecule has 136 valence electrons. The lowest BCUT2D eigenvalue weighted by Crippen LogP contribution is -2.28. The third kappa shape index (κ3) is 2.78. The van der Waals surface area contributed by atoms with Gasteiger partial charge in [0.15, 0.2) is 5.76 Å². The molecule has 1 aliphatic heterocycles. The van der Waals surface area contributed by atoms with Gasteiger partial charge in [0.25, 0.3) is 5.91 Å². The van der Waals surface area contributed by atoms with E-state index in [-0.39, 0.29) is 16.4 Å². The molecule has 3 heterocycles. The number of aromatic nitrogens is 2. The monoisotopic (exact) mass is 374 g/mol. The van der Waals surface area contributed by atoms with Gasteiger partial charge in [0.05, 0.1) is 17.4 Å². The van der Waals surface area contributed by atoms with Crippen molar-refractivity contribution in [2.24, 2.45) is 0 Å². The van der Waals surface area contributed by atoms with Gasteiger partial charge in [0.1, 0.15) is 10.7 Å². The first kappa shape index (κ1) is 16.8. The number of rotatable bonds is 4. The Bertz CT molecular complexity index is 1080. The second-order valence-corrected chi connectivity index (χ2v) is 8.14. The van der Waals surface area contributed by atoms with Crippen molar-refractivity contribution in [3.05, 3.63) is 42.0 Å².